The number of phenolic OH excluding ortho intramolecular Hbond substituents is 1. The number of aryl methyl sites for hydroxylation is 1. The summed E-state index contributed by atoms with van der Waals surface area (Å²) in [6, 6.07) is 17.6. The molecule has 0 amide bonds. The zero-order chi connectivity index (χ0) is 30.0. The van der Waals surface area contributed by atoms with Crippen LogP contribution >= 0.6 is 0 Å². The van der Waals surface area contributed by atoms with Gasteiger partial charge in [0.2, 0.25) is 0 Å². The van der Waals surface area contributed by atoms with Gasteiger partial charge in [0.25, 0.3) is 5.56 Å². The Labute approximate surface area is 242 Å². The number of benzene rings is 3. The van der Waals surface area contributed by atoms with Gasteiger partial charge in [-0.05, 0) is 48.7 Å². The van der Waals surface area contributed by atoms with Crippen molar-refractivity contribution in [3.05, 3.63) is 127 Å². The Balaban J connectivity index is 1.49. The van der Waals surface area contributed by atoms with E-state index in [1.807, 2.05) is 54.3 Å². The van der Waals surface area contributed by atoms with Crippen molar-refractivity contribution in [3.8, 4) is 5.75 Å². The highest BCUT2D eigenvalue weighted by atomic mass is 19.1. The molecular formula is C32H35F2N5O3. The molecule has 0 aliphatic carbocycles. The lowest BCUT2D eigenvalue weighted by Crippen LogP contribution is -2.51. The summed E-state index contributed by atoms with van der Waals surface area (Å²) in [6.07, 6.45) is 0. The van der Waals surface area contributed by atoms with Crippen LogP contribution in [-0.4, -0.2) is 45.3 Å². The molecule has 1 aliphatic heterocycles. The van der Waals surface area contributed by atoms with Crippen molar-refractivity contribution in [2.45, 2.75) is 39.5 Å². The second kappa shape index (κ2) is 12.3. The number of nitrogens with zero attached hydrogens (tertiary/aromatic N) is 4. The zero-order valence-corrected chi connectivity index (χ0v) is 23.8. The number of hydrogen-bond acceptors (Lipinski definition) is 6. The maximum absolute atomic E-state index is 14.7. The van der Waals surface area contributed by atoms with E-state index in [0.29, 0.717) is 44.1 Å². The number of hydrogen-bond donors (Lipinski definition) is 2. The molecule has 4 aromatic rings. The normalized spacial score (nSPS) is 14.7. The first-order valence-electron chi connectivity index (χ1n) is 14.0. The molecule has 220 valence electrons. The molecule has 0 radical (unpaired) electrons. The second-order valence-electron chi connectivity index (χ2n) is 10.8. The Hall–Kier alpha value is -4.28. The highest BCUT2D eigenvalue weighted by Crippen LogP contribution is 2.22. The van der Waals surface area contributed by atoms with Gasteiger partial charge in [0.1, 0.15) is 23.1 Å². The van der Waals surface area contributed by atoms with Gasteiger partial charge in [-0.3, -0.25) is 18.8 Å². The molecule has 8 nitrogen and oxygen atoms in total. The van der Waals surface area contributed by atoms with E-state index in [2.05, 4.69) is 4.90 Å². The third-order valence-electron chi connectivity index (χ3n) is 8.00. The zero-order valence-electron chi connectivity index (χ0n) is 23.8. The maximum atomic E-state index is 14.7. The number of anilines is 1. The van der Waals surface area contributed by atoms with Crippen LogP contribution in [-0.2, 0) is 19.6 Å². The van der Waals surface area contributed by atoms with Gasteiger partial charge in [0.15, 0.2) is 0 Å². The Kier molecular flexibility index (Phi) is 8.56. The van der Waals surface area contributed by atoms with E-state index in [1.54, 1.807) is 13.0 Å². The van der Waals surface area contributed by atoms with Crippen LogP contribution in [0.15, 0.2) is 76.3 Å². The Morgan fingerprint density at radius 2 is 1.52 bits per heavy atom. The first kappa shape index (κ1) is 29.2. The van der Waals surface area contributed by atoms with Crippen LogP contribution in [0.3, 0.4) is 0 Å². The highest BCUT2D eigenvalue weighted by molar-refractivity contribution is 5.50. The van der Waals surface area contributed by atoms with E-state index in [0.717, 1.165) is 33.4 Å². The fourth-order valence-corrected chi connectivity index (χ4v) is 5.55. The van der Waals surface area contributed by atoms with E-state index in [-0.39, 0.29) is 24.4 Å². The molecule has 2 heterocycles. The van der Waals surface area contributed by atoms with E-state index >= 15 is 0 Å². The van der Waals surface area contributed by atoms with E-state index < -0.39 is 28.9 Å². The first-order valence-corrected chi connectivity index (χ1v) is 14.0. The summed E-state index contributed by atoms with van der Waals surface area (Å²) in [6.45, 7) is 6.09. The minimum absolute atomic E-state index is 0.0884. The van der Waals surface area contributed by atoms with Gasteiger partial charge >= 0.3 is 5.69 Å². The monoisotopic (exact) mass is 575 g/mol. The molecule has 1 fully saturated rings. The molecule has 3 aromatic carbocycles. The van der Waals surface area contributed by atoms with Crippen molar-refractivity contribution in [1.29, 1.82) is 0 Å². The van der Waals surface area contributed by atoms with Gasteiger partial charge in [0.05, 0.1) is 13.1 Å². The number of rotatable bonds is 8. The summed E-state index contributed by atoms with van der Waals surface area (Å²) < 4.78 is 31.7. The lowest BCUT2D eigenvalue weighted by atomic mass is 10.1. The first-order chi connectivity index (χ1) is 20.1. The van der Waals surface area contributed by atoms with Gasteiger partial charge in [0, 0.05) is 50.0 Å². The van der Waals surface area contributed by atoms with Crippen LogP contribution in [0.1, 0.15) is 34.0 Å². The molecule has 3 N–H and O–H groups in total. The fourth-order valence-electron chi connectivity index (χ4n) is 5.55. The van der Waals surface area contributed by atoms with Crippen molar-refractivity contribution in [3.63, 3.8) is 0 Å². The molecule has 1 aliphatic rings. The summed E-state index contributed by atoms with van der Waals surface area (Å²) in [5.74, 6) is -1.27. The van der Waals surface area contributed by atoms with Crippen molar-refractivity contribution in [1.82, 2.24) is 14.0 Å². The molecule has 42 heavy (non-hydrogen) atoms. The summed E-state index contributed by atoms with van der Waals surface area (Å²) in [5, 5.41) is 9.84. The molecule has 0 bridgehead atoms. The van der Waals surface area contributed by atoms with Crippen molar-refractivity contribution in [2.24, 2.45) is 5.73 Å². The summed E-state index contributed by atoms with van der Waals surface area (Å²) in [4.78, 5) is 31.8. The van der Waals surface area contributed by atoms with E-state index in [1.165, 1.54) is 10.6 Å². The number of nitrogens with two attached hydrogens (primary N) is 1. The van der Waals surface area contributed by atoms with Crippen LogP contribution in [0.5, 0.6) is 5.75 Å². The second-order valence-corrected chi connectivity index (χ2v) is 10.8. The predicted octanol–water partition coefficient (Wildman–Crippen LogP) is 3.68. The van der Waals surface area contributed by atoms with Crippen LogP contribution in [0.2, 0.25) is 0 Å². The van der Waals surface area contributed by atoms with Gasteiger partial charge in [-0.25, -0.2) is 13.6 Å². The van der Waals surface area contributed by atoms with Gasteiger partial charge in [-0.2, -0.15) is 0 Å². The molecular weight excluding hydrogens is 540 g/mol. The maximum Gasteiger partial charge on any atom is 0.331 e. The van der Waals surface area contributed by atoms with Crippen LogP contribution in [0.25, 0.3) is 0 Å². The number of aromatic hydroxyl groups is 1. The molecule has 0 spiro atoms. The molecule has 10 heteroatoms. The summed E-state index contributed by atoms with van der Waals surface area (Å²) in [7, 11) is 0. The van der Waals surface area contributed by atoms with Gasteiger partial charge in [-0.15, -0.1) is 0 Å². The van der Waals surface area contributed by atoms with Crippen LogP contribution < -0.4 is 21.9 Å². The molecule has 0 saturated carbocycles. The number of aromatic nitrogens is 2. The smallest absolute Gasteiger partial charge is 0.331 e. The SMILES string of the molecule is Cc1cc(CN2CCN(c3c(C)n(Cc4c(F)cccc4F)c(=O)n(C[C@@H](N)c4ccccc4)c3=O)CC2)ccc1O. The third kappa shape index (κ3) is 6.00. The number of halogens is 2. The van der Waals surface area contributed by atoms with Crippen molar-refractivity contribution in [2.75, 3.05) is 31.1 Å². The molecule has 1 saturated heterocycles. The van der Waals surface area contributed by atoms with Crippen LogP contribution in [0.4, 0.5) is 14.5 Å². The Morgan fingerprint density at radius 3 is 2.17 bits per heavy atom. The minimum atomic E-state index is -0.764. The average Bonchev–Trinajstić information content (AvgIpc) is 2.98. The number of phenols is 1. The highest BCUT2D eigenvalue weighted by Gasteiger charge is 2.26. The summed E-state index contributed by atoms with van der Waals surface area (Å²) in [5.41, 5.74) is 8.35. The molecule has 5 rings (SSSR count). The van der Waals surface area contributed by atoms with Crippen molar-refractivity contribution < 1.29 is 13.9 Å². The third-order valence-corrected chi connectivity index (χ3v) is 8.00. The summed E-state index contributed by atoms with van der Waals surface area (Å²) >= 11 is 0. The predicted molar refractivity (Wildman–Crippen MR) is 159 cm³/mol. The van der Waals surface area contributed by atoms with E-state index in [4.69, 9.17) is 5.73 Å². The lowest BCUT2D eigenvalue weighted by Gasteiger charge is -2.37. The average molecular weight is 576 g/mol. The largest absolute Gasteiger partial charge is 0.508 e. The van der Waals surface area contributed by atoms with Crippen LogP contribution in [0, 0.1) is 25.5 Å². The topological polar surface area (TPSA) is 96.7 Å². The lowest BCUT2D eigenvalue weighted by molar-refractivity contribution is 0.249. The quantitative estimate of drug-likeness (QED) is 0.333. The molecule has 0 unspecified atom stereocenters. The van der Waals surface area contributed by atoms with E-state index in [9.17, 15) is 23.5 Å². The minimum Gasteiger partial charge on any atom is -0.508 e. The van der Waals surface area contributed by atoms with Gasteiger partial charge in [-0.1, -0.05) is 48.5 Å². The standard InChI is InChI=1S/C32H35F2N5O3/c1-21-17-23(11-12-29(21)40)18-36-13-15-37(16-14-36)30-22(2)38(19-25-26(33)9-6-10-27(25)34)32(42)39(31(30)41)20-28(35)24-7-4-3-5-8-24/h3-12,17,28,40H,13-16,18-20,35H2,1-2H3/t28-/m1/s1. The fraction of sp³-hybridized carbons (Fsp3) is 0.312. The van der Waals surface area contributed by atoms with Crippen molar-refractivity contribution >= 4 is 5.69 Å². The molecule has 1 aromatic heterocycles. The van der Waals surface area contributed by atoms with Gasteiger partial charge < -0.3 is 15.7 Å². The Bertz CT molecular complexity index is 1680. The molecule has 1 atom stereocenters. The Morgan fingerprint density at radius 1 is 0.857 bits per heavy atom. The number of piperazine rings is 1.